The van der Waals surface area contributed by atoms with E-state index in [1.807, 2.05) is 0 Å². The second kappa shape index (κ2) is 5.60. The maximum Gasteiger partial charge on any atom is 0.407 e. The smallest absolute Gasteiger partial charge is 0.407 e. The maximum absolute atomic E-state index is 11.9. The molecule has 0 fully saturated rings. The molecule has 1 N–H and O–H groups in total. The number of halogens is 3. The van der Waals surface area contributed by atoms with E-state index in [9.17, 15) is 13.6 Å². The molecule has 4 nitrogen and oxygen atoms in total. The number of hydrogen-bond acceptors (Lipinski definition) is 4. The van der Waals surface area contributed by atoms with Crippen LogP contribution in [0.2, 0.25) is 0 Å². The van der Waals surface area contributed by atoms with Crippen LogP contribution in [-0.4, -0.2) is 35.0 Å². The van der Waals surface area contributed by atoms with Gasteiger partial charge in [-0.2, -0.15) is 8.78 Å². The first-order valence-corrected chi connectivity index (χ1v) is 3.97. The molecule has 0 spiro atoms. The van der Waals surface area contributed by atoms with Gasteiger partial charge in [0.2, 0.25) is 0 Å². The number of rotatable bonds is 6. The minimum absolute atomic E-state index is 0.116. The van der Waals surface area contributed by atoms with Crippen LogP contribution in [0.5, 0.6) is 0 Å². The van der Waals surface area contributed by atoms with Crippen LogP contribution in [-0.2, 0) is 14.3 Å². The van der Waals surface area contributed by atoms with Gasteiger partial charge < -0.3 is 14.6 Å². The highest BCUT2D eigenvalue weighted by Gasteiger charge is 2.25. The second-order valence-corrected chi connectivity index (χ2v) is 3.10. The highest BCUT2D eigenvalue weighted by Crippen LogP contribution is 2.23. The maximum atomic E-state index is 11.9. The summed E-state index contributed by atoms with van der Waals surface area (Å²) in [4.78, 5) is 9.59. The van der Waals surface area contributed by atoms with Crippen molar-refractivity contribution in [2.75, 3.05) is 13.2 Å². The lowest BCUT2D eigenvalue weighted by Crippen LogP contribution is -2.25. The summed E-state index contributed by atoms with van der Waals surface area (Å²) in [5.41, 5.74) is 0. The van der Waals surface area contributed by atoms with Crippen LogP contribution in [0.25, 0.3) is 0 Å². The van der Waals surface area contributed by atoms with E-state index in [4.69, 9.17) is 5.11 Å². The first kappa shape index (κ1) is 12.0. The van der Waals surface area contributed by atoms with Crippen molar-refractivity contribution in [2.24, 2.45) is 0 Å². The lowest BCUT2D eigenvalue weighted by molar-refractivity contribution is -0.168. The molecule has 0 aliphatic heterocycles. The molecule has 1 atom stereocenters. The molecule has 0 radical (unpaired) electrons. The van der Waals surface area contributed by atoms with Crippen molar-refractivity contribution in [3.63, 3.8) is 0 Å². The molecule has 0 aliphatic carbocycles. The van der Waals surface area contributed by atoms with Gasteiger partial charge >= 0.3 is 4.12 Å². The van der Waals surface area contributed by atoms with E-state index >= 15 is 0 Å². The highest BCUT2D eigenvalue weighted by molar-refractivity contribution is 14.1. The van der Waals surface area contributed by atoms with Gasteiger partial charge in [0.1, 0.15) is 12.7 Å². The molecule has 0 aromatic heterocycles. The van der Waals surface area contributed by atoms with E-state index in [0.717, 1.165) is 22.6 Å². The van der Waals surface area contributed by atoms with E-state index in [2.05, 4.69) is 9.47 Å². The quantitative estimate of drug-likeness (QED) is 0.441. The molecule has 0 aromatic rings. The third kappa shape index (κ3) is 8.08. The van der Waals surface area contributed by atoms with Crippen molar-refractivity contribution < 1.29 is 28.2 Å². The average Bonchev–Trinajstić information content (AvgIpc) is 1.95. The van der Waals surface area contributed by atoms with E-state index < -0.39 is 16.8 Å². The molecule has 12 heavy (non-hydrogen) atoms. The molecule has 0 amide bonds. The van der Waals surface area contributed by atoms with Gasteiger partial charge in [-0.25, -0.2) is 0 Å². The Balaban J connectivity index is 3.43. The van der Waals surface area contributed by atoms with Gasteiger partial charge in [0.05, 0.1) is 6.61 Å². The molecule has 1 unspecified atom stereocenters. The van der Waals surface area contributed by atoms with Crippen LogP contribution >= 0.6 is 22.6 Å². The van der Waals surface area contributed by atoms with Crippen LogP contribution in [0.3, 0.4) is 0 Å². The molecule has 0 saturated heterocycles. The molecule has 0 rings (SSSR count). The molecule has 0 bridgehead atoms. The zero-order chi connectivity index (χ0) is 9.61. The normalized spacial score (nSPS) is 14.0. The Morgan fingerprint density at radius 2 is 2.17 bits per heavy atom. The number of ether oxygens (including phenoxy) is 2. The Morgan fingerprint density at radius 3 is 2.58 bits per heavy atom. The summed E-state index contributed by atoms with van der Waals surface area (Å²) in [7, 11) is 0. The van der Waals surface area contributed by atoms with Gasteiger partial charge in [-0.3, -0.25) is 4.79 Å². The summed E-state index contributed by atoms with van der Waals surface area (Å²) in [6, 6.07) is 0. The lowest BCUT2D eigenvalue weighted by Gasteiger charge is -2.12. The van der Waals surface area contributed by atoms with Crippen molar-refractivity contribution >= 4 is 29.1 Å². The third-order valence-corrected chi connectivity index (χ3v) is 1.11. The monoisotopic (exact) mass is 296 g/mol. The predicted molar refractivity (Wildman–Crippen MR) is 42.9 cm³/mol. The molecule has 0 aromatic carbocycles. The topological polar surface area (TPSA) is 55.8 Å². The van der Waals surface area contributed by atoms with Crippen LogP contribution < -0.4 is 0 Å². The molecule has 0 aliphatic rings. The Labute approximate surface area is 81.0 Å². The van der Waals surface area contributed by atoms with Crippen LogP contribution in [0.4, 0.5) is 8.78 Å². The fourth-order valence-electron chi connectivity index (χ4n) is 0.389. The summed E-state index contributed by atoms with van der Waals surface area (Å²) < 4.78 is 28.6. The molecule has 0 saturated carbocycles. The van der Waals surface area contributed by atoms with Gasteiger partial charge in [0, 0.05) is 22.6 Å². The number of aliphatic hydroxyl groups excluding tert-OH is 1. The van der Waals surface area contributed by atoms with Gasteiger partial charge in [0.25, 0.3) is 6.47 Å². The van der Waals surface area contributed by atoms with Crippen molar-refractivity contribution in [3.8, 4) is 0 Å². The van der Waals surface area contributed by atoms with Crippen molar-refractivity contribution in [2.45, 2.75) is 10.2 Å². The SMILES string of the molecule is O=COCC(O)COC(F)(F)I. The van der Waals surface area contributed by atoms with Crippen molar-refractivity contribution in [3.05, 3.63) is 0 Å². The first-order chi connectivity index (χ1) is 5.45. The third-order valence-electron chi connectivity index (χ3n) is 0.796. The first-order valence-electron chi connectivity index (χ1n) is 2.89. The molecule has 72 valence electrons. The minimum atomic E-state index is -3.31. The number of alkyl halides is 3. The largest absolute Gasteiger partial charge is 0.465 e. The Morgan fingerprint density at radius 1 is 1.58 bits per heavy atom. The standard InChI is InChI=1S/C5H7F2IO4/c6-5(7,8)12-2-4(10)1-11-3-9/h3-4,10H,1-2H2. The fraction of sp³-hybridized carbons (Fsp3) is 0.800. The zero-order valence-electron chi connectivity index (χ0n) is 5.87. The highest BCUT2D eigenvalue weighted by atomic mass is 127. The summed E-state index contributed by atoms with van der Waals surface area (Å²) in [5.74, 6) is 0. The number of aliphatic hydroxyl groups is 1. The van der Waals surface area contributed by atoms with Crippen LogP contribution in [0.15, 0.2) is 0 Å². The fourth-order valence-corrected chi connectivity index (χ4v) is 0.569. The van der Waals surface area contributed by atoms with E-state index in [0.29, 0.717) is 0 Å². The number of carbonyl (C=O) groups is 1. The number of carbonyl (C=O) groups excluding carboxylic acids is 1. The lowest BCUT2D eigenvalue weighted by atomic mass is 10.4. The minimum Gasteiger partial charge on any atom is -0.465 e. The Bertz CT molecular complexity index is 138. The van der Waals surface area contributed by atoms with Gasteiger partial charge in [-0.15, -0.1) is 0 Å². The molecular weight excluding hydrogens is 289 g/mol. The van der Waals surface area contributed by atoms with E-state index in [1.165, 1.54) is 0 Å². The van der Waals surface area contributed by atoms with Crippen LogP contribution in [0.1, 0.15) is 0 Å². The predicted octanol–water partition coefficient (Wildman–Crippen LogP) is 0.522. The average molecular weight is 296 g/mol. The Kier molecular flexibility index (Phi) is 5.59. The van der Waals surface area contributed by atoms with Gasteiger partial charge in [0.15, 0.2) is 0 Å². The van der Waals surface area contributed by atoms with Gasteiger partial charge in [-0.05, 0) is 0 Å². The zero-order valence-corrected chi connectivity index (χ0v) is 8.03. The molecule has 0 heterocycles. The second-order valence-electron chi connectivity index (χ2n) is 1.84. The van der Waals surface area contributed by atoms with E-state index in [-0.39, 0.29) is 13.1 Å². The summed E-state index contributed by atoms with van der Waals surface area (Å²) >= 11 is 0.771. The number of hydrogen-bond donors (Lipinski definition) is 1. The van der Waals surface area contributed by atoms with Gasteiger partial charge in [-0.1, -0.05) is 0 Å². The van der Waals surface area contributed by atoms with E-state index in [1.54, 1.807) is 0 Å². The summed E-state index contributed by atoms with van der Waals surface area (Å²) in [5, 5.41) is 8.80. The Hall–Kier alpha value is -0.0200. The molecular formula is C5H7F2IO4. The van der Waals surface area contributed by atoms with Crippen molar-refractivity contribution in [1.82, 2.24) is 0 Å². The summed E-state index contributed by atoms with van der Waals surface area (Å²) in [6.07, 6.45) is -1.23. The van der Waals surface area contributed by atoms with Crippen LogP contribution in [0, 0.1) is 0 Å². The van der Waals surface area contributed by atoms with Crippen molar-refractivity contribution in [1.29, 1.82) is 0 Å². The molecule has 7 heteroatoms. The summed E-state index contributed by atoms with van der Waals surface area (Å²) in [6.45, 7) is -0.814.